The molecule has 0 saturated heterocycles. The molecule has 0 spiro atoms. The van der Waals surface area contributed by atoms with E-state index in [-0.39, 0.29) is 23.4 Å². The molecule has 0 atom stereocenters. The van der Waals surface area contributed by atoms with Crippen LogP contribution in [-0.2, 0) is 6.61 Å². The standard InChI is InChI=1S/C34H31ClN2O6/c1-20-10-11-22(37(39)40)16-30(20)42-19-27-24(14-15-29-32(27)21(2)18-34(3,4)36-29)25-13-12-23(17-31(25)41-5)43-33(38)26-8-6-7-9-28(26)35/h6-18,36H,19H2,1-5H3. The van der Waals surface area contributed by atoms with Crippen LogP contribution in [0.2, 0.25) is 5.02 Å². The third-order valence-corrected chi connectivity index (χ3v) is 7.59. The number of esters is 1. The number of hydrogen-bond donors (Lipinski definition) is 1. The Balaban J connectivity index is 1.57. The van der Waals surface area contributed by atoms with Crippen LogP contribution in [0, 0.1) is 17.0 Å². The summed E-state index contributed by atoms with van der Waals surface area (Å²) < 4.78 is 17.7. The van der Waals surface area contributed by atoms with E-state index >= 15 is 0 Å². The minimum absolute atomic E-state index is 0.0426. The number of carbonyl (C=O) groups excluding carboxylic acids is 1. The van der Waals surface area contributed by atoms with E-state index in [0.29, 0.717) is 22.3 Å². The van der Waals surface area contributed by atoms with E-state index in [1.807, 2.05) is 25.1 Å². The highest BCUT2D eigenvalue weighted by Gasteiger charge is 2.27. The van der Waals surface area contributed by atoms with Gasteiger partial charge in [-0.15, -0.1) is 0 Å². The molecule has 1 aliphatic heterocycles. The van der Waals surface area contributed by atoms with E-state index in [9.17, 15) is 14.9 Å². The van der Waals surface area contributed by atoms with Gasteiger partial charge in [0.1, 0.15) is 23.9 Å². The molecule has 0 saturated carbocycles. The number of ether oxygens (including phenoxy) is 3. The number of non-ortho nitro benzene ring substituents is 1. The molecule has 0 aliphatic carbocycles. The molecule has 1 N–H and O–H groups in total. The number of nitrogens with one attached hydrogen (secondary N) is 1. The average Bonchev–Trinajstić information content (AvgIpc) is 2.96. The molecule has 4 aromatic carbocycles. The number of hydrogen-bond acceptors (Lipinski definition) is 7. The molecule has 0 fully saturated rings. The van der Waals surface area contributed by atoms with Gasteiger partial charge in [-0.05, 0) is 80.8 Å². The second-order valence-corrected chi connectivity index (χ2v) is 11.3. The number of aryl methyl sites for hydroxylation is 1. The number of carbonyl (C=O) groups is 1. The highest BCUT2D eigenvalue weighted by molar-refractivity contribution is 6.33. The van der Waals surface area contributed by atoms with E-state index < -0.39 is 10.9 Å². The molecule has 0 unspecified atom stereocenters. The SMILES string of the molecule is COc1cc(OC(=O)c2ccccc2Cl)ccc1-c1ccc2c(c1COc1cc([N+](=O)[O-])ccc1C)C(C)=CC(C)(C)N2. The van der Waals surface area contributed by atoms with Crippen molar-refractivity contribution in [3.63, 3.8) is 0 Å². The maximum atomic E-state index is 12.8. The maximum Gasteiger partial charge on any atom is 0.345 e. The number of anilines is 1. The fourth-order valence-electron chi connectivity index (χ4n) is 5.36. The first-order chi connectivity index (χ1) is 20.5. The maximum absolute atomic E-state index is 12.8. The van der Waals surface area contributed by atoms with Crippen molar-refractivity contribution in [3.8, 4) is 28.4 Å². The van der Waals surface area contributed by atoms with Crippen molar-refractivity contribution in [3.05, 3.63) is 116 Å². The van der Waals surface area contributed by atoms with Crippen molar-refractivity contribution in [2.75, 3.05) is 12.4 Å². The van der Waals surface area contributed by atoms with Crippen molar-refractivity contribution in [2.24, 2.45) is 0 Å². The summed E-state index contributed by atoms with van der Waals surface area (Å²) in [6.07, 6.45) is 2.16. The molecule has 0 bridgehead atoms. The lowest BCUT2D eigenvalue weighted by molar-refractivity contribution is -0.385. The Bertz CT molecular complexity index is 1780. The number of fused-ring (bicyclic) bond motifs is 1. The number of allylic oxidation sites excluding steroid dienone is 1. The van der Waals surface area contributed by atoms with Gasteiger partial charge in [-0.2, -0.15) is 0 Å². The van der Waals surface area contributed by atoms with E-state index in [0.717, 1.165) is 39.1 Å². The number of benzene rings is 4. The molecule has 1 heterocycles. The van der Waals surface area contributed by atoms with Crippen LogP contribution in [0.25, 0.3) is 16.7 Å². The summed E-state index contributed by atoms with van der Waals surface area (Å²) in [5.74, 6) is 0.637. The predicted octanol–water partition coefficient (Wildman–Crippen LogP) is 8.64. The largest absolute Gasteiger partial charge is 0.496 e. The molecular weight excluding hydrogens is 568 g/mol. The zero-order valence-electron chi connectivity index (χ0n) is 24.5. The minimum atomic E-state index is -0.579. The van der Waals surface area contributed by atoms with Gasteiger partial charge in [-0.1, -0.05) is 35.9 Å². The van der Waals surface area contributed by atoms with Crippen LogP contribution in [0.1, 0.15) is 47.8 Å². The lowest BCUT2D eigenvalue weighted by Gasteiger charge is -2.33. The Morgan fingerprint density at radius 3 is 2.44 bits per heavy atom. The van der Waals surface area contributed by atoms with E-state index in [1.54, 1.807) is 49.6 Å². The molecule has 0 aromatic heterocycles. The Morgan fingerprint density at radius 1 is 0.977 bits per heavy atom. The van der Waals surface area contributed by atoms with Crippen LogP contribution in [0.5, 0.6) is 17.2 Å². The summed E-state index contributed by atoms with van der Waals surface area (Å²) in [7, 11) is 1.55. The third kappa shape index (κ3) is 6.20. The van der Waals surface area contributed by atoms with Gasteiger partial charge in [0, 0.05) is 34.5 Å². The Hall–Kier alpha value is -4.82. The van der Waals surface area contributed by atoms with Gasteiger partial charge < -0.3 is 19.5 Å². The van der Waals surface area contributed by atoms with E-state index in [2.05, 4.69) is 32.2 Å². The number of nitro benzene ring substituents is 1. The summed E-state index contributed by atoms with van der Waals surface area (Å²) >= 11 is 6.18. The molecular formula is C34H31ClN2O6. The number of methoxy groups -OCH3 is 1. The molecule has 1 aliphatic rings. The average molecular weight is 599 g/mol. The monoisotopic (exact) mass is 598 g/mol. The topological polar surface area (TPSA) is 99.9 Å². The first-order valence-electron chi connectivity index (χ1n) is 13.6. The summed E-state index contributed by atoms with van der Waals surface area (Å²) in [5, 5.41) is 15.3. The number of nitrogens with zero attached hydrogens (tertiary/aromatic N) is 1. The second kappa shape index (κ2) is 11.8. The van der Waals surface area contributed by atoms with Gasteiger partial charge in [-0.25, -0.2) is 4.79 Å². The molecule has 0 amide bonds. The molecule has 5 rings (SSSR count). The van der Waals surface area contributed by atoms with Crippen LogP contribution in [0.3, 0.4) is 0 Å². The third-order valence-electron chi connectivity index (χ3n) is 7.26. The van der Waals surface area contributed by atoms with E-state index in [4.69, 9.17) is 25.8 Å². The Labute approximate surface area is 255 Å². The lowest BCUT2D eigenvalue weighted by atomic mass is 9.85. The molecule has 8 nitrogen and oxygen atoms in total. The number of rotatable bonds is 8. The highest BCUT2D eigenvalue weighted by Crippen LogP contribution is 2.44. The predicted molar refractivity (Wildman–Crippen MR) is 168 cm³/mol. The van der Waals surface area contributed by atoms with Crippen LogP contribution < -0.4 is 19.5 Å². The van der Waals surface area contributed by atoms with Crippen molar-refractivity contribution in [1.29, 1.82) is 0 Å². The van der Waals surface area contributed by atoms with Crippen molar-refractivity contribution >= 4 is 34.5 Å². The summed E-state index contributed by atoms with van der Waals surface area (Å²) in [5.41, 5.74) is 6.23. The fraction of sp³-hybridized carbons (Fsp3) is 0.206. The molecule has 4 aromatic rings. The molecule has 43 heavy (non-hydrogen) atoms. The van der Waals surface area contributed by atoms with Crippen molar-refractivity contribution < 1.29 is 23.9 Å². The normalized spacial score (nSPS) is 13.3. The smallest absolute Gasteiger partial charge is 0.345 e. The van der Waals surface area contributed by atoms with E-state index in [1.165, 1.54) is 12.1 Å². The highest BCUT2D eigenvalue weighted by atomic mass is 35.5. The Morgan fingerprint density at radius 2 is 1.72 bits per heavy atom. The number of nitro groups is 1. The van der Waals surface area contributed by atoms with Gasteiger partial charge >= 0.3 is 5.97 Å². The van der Waals surface area contributed by atoms with Crippen LogP contribution in [-0.4, -0.2) is 23.5 Å². The van der Waals surface area contributed by atoms with Gasteiger partial charge in [0.25, 0.3) is 5.69 Å². The first kappa shape index (κ1) is 29.7. The number of halogens is 1. The fourth-order valence-corrected chi connectivity index (χ4v) is 5.57. The van der Waals surface area contributed by atoms with Crippen molar-refractivity contribution in [2.45, 2.75) is 39.8 Å². The molecule has 0 radical (unpaired) electrons. The first-order valence-corrected chi connectivity index (χ1v) is 14.0. The van der Waals surface area contributed by atoms with Crippen molar-refractivity contribution in [1.82, 2.24) is 0 Å². The summed E-state index contributed by atoms with van der Waals surface area (Å²) in [4.78, 5) is 23.8. The van der Waals surface area contributed by atoms with Gasteiger partial charge in [0.2, 0.25) is 0 Å². The van der Waals surface area contributed by atoms with Crippen LogP contribution in [0.15, 0.2) is 78.9 Å². The Kier molecular flexibility index (Phi) is 8.15. The second-order valence-electron chi connectivity index (χ2n) is 10.9. The van der Waals surface area contributed by atoms with Crippen LogP contribution >= 0.6 is 11.6 Å². The zero-order chi connectivity index (χ0) is 30.9. The quantitative estimate of drug-likeness (QED) is 0.0937. The van der Waals surface area contributed by atoms with Gasteiger partial charge in [-0.3, -0.25) is 10.1 Å². The van der Waals surface area contributed by atoms with Gasteiger partial charge in [0.15, 0.2) is 0 Å². The summed E-state index contributed by atoms with van der Waals surface area (Å²) in [6, 6.07) is 20.5. The minimum Gasteiger partial charge on any atom is -0.496 e. The summed E-state index contributed by atoms with van der Waals surface area (Å²) in [6.45, 7) is 8.24. The molecule has 220 valence electrons. The molecule has 9 heteroatoms. The van der Waals surface area contributed by atoms with Crippen LogP contribution in [0.4, 0.5) is 11.4 Å². The zero-order valence-corrected chi connectivity index (χ0v) is 25.2. The van der Waals surface area contributed by atoms with Gasteiger partial charge in [0.05, 0.1) is 34.2 Å². The lowest BCUT2D eigenvalue weighted by Crippen LogP contribution is -2.32.